The van der Waals surface area contributed by atoms with Gasteiger partial charge < -0.3 is 14.8 Å². The van der Waals surface area contributed by atoms with E-state index in [1.54, 1.807) is 0 Å². The highest BCUT2D eigenvalue weighted by molar-refractivity contribution is 5.55. The van der Waals surface area contributed by atoms with Crippen molar-refractivity contribution in [3.05, 3.63) is 54.1 Å². The fraction of sp³-hybridized carbons (Fsp3) is 0.294. The minimum absolute atomic E-state index is 0.323. The van der Waals surface area contributed by atoms with Crippen molar-refractivity contribution >= 4 is 5.69 Å². The Kier molecular flexibility index (Phi) is 3.77. The van der Waals surface area contributed by atoms with Gasteiger partial charge in [0.05, 0.1) is 0 Å². The van der Waals surface area contributed by atoms with Gasteiger partial charge in [-0.2, -0.15) is 0 Å². The van der Waals surface area contributed by atoms with Gasteiger partial charge in [0.15, 0.2) is 11.5 Å². The highest BCUT2D eigenvalue weighted by atomic mass is 16.7. The fourth-order valence-corrected chi connectivity index (χ4v) is 2.39. The molecule has 0 amide bonds. The van der Waals surface area contributed by atoms with Gasteiger partial charge in [-0.3, -0.25) is 0 Å². The van der Waals surface area contributed by atoms with Crippen LogP contribution in [0.4, 0.5) is 5.69 Å². The van der Waals surface area contributed by atoms with Crippen LogP contribution in [0.1, 0.15) is 24.8 Å². The zero-order valence-corrected chi connectivity index (χ0v) is 11.6. The molecule has 1 aliphatic heterocycles. The van der Waals surface area contributed by atoms with Crippen LogP contribution in [0.2, 0.25) is 0 Å². The van der Waals surface area contributed by atoms with Crippen molar-refractivity contribution < 1.29 is 9.47 Å². The van der Waals surface area contributed by atoms with Crippen LogP contribution in [0.3, 0.4) is 0 Å². The molecule has 0 saturated carbocycles. The summed E-state index contributed by atoms with van der Waals surface area (Å²) in [6.45, 7) is 3.52. The number of benzene rings is 2. The molecule has 0 fully saturated rings. The number of anilines is 1. The molecule has 20 heavy (non-hydrogen) atoms. The zero-order valence-electron chi connectivity index (χ0n) is 11.6. The van der Waals surface area contributed by atoms with Crippen molar-refractivity contribution in [3.8, 4) is 11.5 Å². The summed E-state index contributed by atoms with van der Waals surface area (Å²) in [6.07, 6.45) is 1.10. The SMILES string of the molecule is CC(CCNc1ccc2c(c1)OCO2)c1ccccc1. The molecule has 1 heterocycles. The van der Waals surface area contributed by atoms with Crippen molar-refractivity contribution in [2.75, 3.05) is 18.7 Å². The van der Waals surface area contributed by atoms with E-state index in [0.29, 0.717) is 12.7 Å². The molecule has 2 aromatic rings. The van der Waals surface area contributed by atoms with Gasteiger partial charge in [-0.15, -0.1) is 0 Å². The fourth-order valence-electron chi connectivity index (χ4n) is 2.39. The molecule has 0 saturated heterocycles. The van der Waals surface area contributed by atoms with E-state index >= 15 is 0 Å². The molecule has 1 unspecified atom stereocenters. The molecule has 3 heteroatoms. The van der Waals surface area contributed by atoms with E-state index in [9.17, 15) is 0 Å². The third-order valence-electron chi connectivity index (χ3n) is 3.65. The standard InChI is InChI=1S/C17H19NO2/c1-13(14-5-3-2-4-6-14)9-10-18-15-7-8-16-17(11-15)20-12-19-16/h2-8,11,13,18H,9-10,12H2,1H3. The lowest BCUT2D eigenvalue weighted by molar-refractivity contribution is 0.174. The number of hydrogen-bond donors (Lipinski definition) is 1. The van der Waals surface area contributed by atoms with Crippen LogP contribution in [-0.2, 0) is 0 Å². The van der Waals surface area contributed by atoms with E-state index < -0.39 is 0 Å². The molecular weight excluding hydrogens is 250 g/mol. The largest absolute Gasteiger partial charge is 0.454 e. The maximum Gasteiger partial charge on any atom is 0.231 e. The average Bonchev–Trinajstić information content (AvgIpc) is 2.95. The van der Waals surface area contributed by atoms with Gasteiger partial charge in [-0.25, -0.2) is 0 Å². The average molecular weight is 269 g/mol. The Morgan fingerprint density at radius 2 is 1.85 bits per heavy atom. The van der Waals surface area contributed by atoms with Crippen LogP contribution in [0.5, 0.6) is 11.5 Å². The summed E-state index contributed by atoms with van der Waals surface area (Å²) in [7, 11) is 0. The first kappa shape index (κ1) is 12.9. The van der Waals surface area contributed by atoms with Crippen molar-refractivity contribution in [1.82, 2.24) is 0 Å². The summed E-state index contributed by atoms with van der Waals surface area (Å²) in [5.41, 5.74) is 2.47. The number of rotatable bonds is 5. The normalized spacial score (nSPS) is 14.1. The summed E-state index contributed by atoms with van der Waals surface area (Å²) in [5, 5.41) is 3.44. The van der Waals surface area contributed by atoms with E-state index in [4.69, 9.17) is 9.47 Å². The second kappa shape index (κ2) is 5.87. The Morgan fingerprint density at radius 3 is 2.70 bits per heavy atom. The van der Waals surface area contributed by atoms with Crippen LogP contribution in [-0.4, -0.2) is 13.3 Å². The second-order valence-corrected chi connectivity index (χ2v) is 5.10. The lowest BCUT2D eigenvalue weighted by atomic mass is 9.98. The molecule has 0 radical (unpaired) electrons. The van der Waals surface area contributed by atoms with Gasteiger partial charge in [-0.1, -0.05) is 37.3 Å². The molecule has 0 aromatic heterocycles. The first-order chi connectivity index (χ1) is 9.83. The number of fused-ring (bicyclic) bond motifs is 1. The molecule has 3 rings (SSSR count). The highest BCUT2D eigenvalue weighted by Gasteiger charge is 2.13. The lowest BCUT2D eigenvalue weighted by Gasteiger charge is -2.13. The predicted molar refractivity (Wildman–Crippen MR) is 80.5 cm³/mol. The number of hydrogen-bond acceptors (Lipinski definition) is 3. The van der Waals surface area contributed by atoms with Gasteiger partial charge in [0.1, 0.15) is 0 Å². The summed E-state index contributed by atoms with van der Waals surface area (Å²) in [6, 6.07) is 16.6. The van der Waals surface area contributed by atoms with Crippen LogP contribution < -0.4 is 14.8 Å². The van der Waals surface area contributed by atoms with Gasteiger partial charge in [-0.05, 0) is 30.0 Å². The molecular formula is C17H19NO2. The summed E-state index contributed by atoms with van der Waals surface area (Å²) in [5.74, 6) is 2.21. The number of ether oxygens (including phenoxy) is 2. The molecule has 3 nitrogen and oxygen atoms in total. The Bertz CT molecular complexity index is 568. The molecule has 1 aliphatic rings. The molecule has 0 bridgehead atoms. The molecule has 1 atom stereocenters. The minimum atomic E-state index is 0.323. The summed E-state index contributed by atoms with van der Waals surface area (Å²) >= 11 is 0. The molecule has 1 N–H and O–H groups in total. The van der Waals surface area contributed by atoms with Crippen molar-refractivity contribution in [3.63, 3.8) is 0 Å². The zero-order chi connectivity index (χ0) is 13.8. The number of nitrogens with one attached hydrogen (secondary N) is 1. The first-order valence-corrected chi connectivity index (χ1v) is 7.01. The maximum absolute atomic E-state index is 5.37. The monoisotopic (exact) mass is 269 g/mol. The van der Waals surface area contributed by atoms with E-state index in [2.05, 4.69) is 42.6 Å². The summed E-state index contributed by atoms with van der Waals surface area (Å²) in [4.78, 5) is 0. The third-order valence-corrected chi connectivity index (χ3v) is 3.65. The first-order valence-electron chi connectivity index (χ1n) is 7.01. The Morgan fingerprint density at radius 1 is 1.05 bits per heavy atom. The predicted octanol–water partition coefficient (Wildman–Crippen LogP) is 4.02. The molecule has 104 valence electrons. The van der Waals surface area contributed by atoms with Crippen molar-refractivity contribution in [2.24, 2.45) is 0 Å². The van der Waals surface area contributed by atoms with Gasteiger partial charge >= 0.3 is 0 Å². The van der Waals surface area contributed by atoms with Crippen LogP contribution in [0, 0.1) is 0 Å². The van der Waals surface area contributed by atoms with E-state index in [-0.39, 0.29) is 0 Å². The Balaban J connectivity index is 1.53. The van der Waals surface area contributed by atoms with Gasteiger partial charge in [0.2, 0.25) is 6.79 Å². The smallest absolute Gasteiger partial charge is 0.231 e. The topological polar surface area (TPSA) is 30.5 Å². The second-order valence-electron chi connectivity index (χ2n) is 5.10. The minimum Gasteiger partial charge on any atom is -0.454 e. The summed E-state index contributed by atoms with van der Waals surface area (Å²) < 4.78 is 10.7. The van der Waals surface area contributed by atoms with E-state index in [1.807, 2.05) is 18.2 Å². The highest BCUT2D eigenvalue weighted by Crippen LogP contribution is 2.34. The van der Waals surface area contributed by atoms with Crippen LogP contribution >= 0.6 is 0 Å². The molecule has 2 aromatic carbocycles. The van der Waals surface area contributed by atoms with Gasteiger partial charge in [0, 0.05) is 18.3 Å². The van der Waals surface area contributed by atoms with E-state index in [0.717, 1.165) is 30.2 Å². The quantitative estimate of drug-likeness (QED) is 0.889. The Hall–Kier alpha value is -2.16. The van der Waals surface area contributed by atoms with Crippen LogP contribution in [0.15, 0.2) is 48.5 Å². The van der Waals surface area contributed by atoms with Gasteiger partial charge in [0.25, 0.3) is 0 Å². The third kappa shape index (κ3) is 2.87. The lowest BCUT2D eigenvalue weighted by Crippen LogP contribution is -2.05. The van der Waals surface area contributed by atoms with Crippen molar-refractivity contribution in [1.29, 1.82) is 0 Å². The Labute approximate surface area is 119 Å². The van der Waals surface area contributed by atoms with E-state index in [1.165, 1.54) is 5.56 Å². The molecule has 0 spiro atoms. The maximum atomic E-state index is 5.37. The molecule has 0 aliphatic carbocycles. The van der Waals surface area contributed by atoms with Crippen LogP contribution in [0.25, 0.3) is 0 Å². The van der Waals surface area contributed by atoms with Crippen molar-refractivity contribution in [2.45, 2.75) is 19.3 Å².